The lowest BCUT2D eigenvalue weighted by molar-refractivity contribution is 0.220. The highest BCUT2D eigenvalue weighted by Crippen LogP contribution is 2.26. The number of hydrogen-bond donors (Lipinski definition) is 2. The first kappa shape index (κ1) is 12.0. The minimum atomic E-state index is -0.0175. The molecule has 15 heavy (non-hydrogen) atoms. The van der Waals surface area contributed by atoms with Gasteiger partial charge in [-0.05, 0) is 6.07 Å². The zero-order chi connectivity index (χ0) is 11.3. The molecule has 0 radical (unpaired) electrons. The lowest BCUT2D eigenvalue weighted by Gasteiger charge is -2.20. The Morgan fingerprint density at radius 2 is 2.13 bits per heavy atom. The van der Waals surface area contributed by atoms with Crippen molar-refractivity contribution in [3.05, 3.63) is 29.8 Å². The van der Waals surface area contributed by atoms with Crippen LogP contribution in [0.15, 0.2) is 24.3 Å². The van der Waals surface area contributed by atoms with Gasteiger partial charge in [-0.15, -0.1) is 0 Å². The number of ether oxygens (including phenoxy) is 1. The molecule has 1 aromatic carbocycles. The molecule has 1 atom stereocenters. The molecule has 0 aromatic heterocycles. The number of hydrazine groups is 1. The minimum absolute atomic E-state index is 0.0175. The largest absolute Gasteiger partial charge is 0.496 e. The Morgan fingerprint density at radius 3 is 2.67 bits per heavy atom. The fourth-order valence-electron chi connectivity index (χ4n) is 1.61. The van der Waals surface area contributed by atoms with Crippen LogP contribution in [-0.4, -0.2) is 37.4 Å². The van der Waals surface area contributed by atoms with Crippen molar-refractivity contribution in [1.82, 2.24) is 5.01 Å². The highest BCUT2D eigenvalue weighted by molar-refractivity contribution is 5.36. The molecule has 4 heteroatoms. The highest BCUT2D eigenvalue weighted by Gasteiger charge is 2.15. The maximum absolute atomic E-state index is 9.31. The first-order valence-corrected chi connectivity index (χ1v) is 4.88. The maximum atomic E-state index is 9.31. The molecule has 0 fully saturated rings. The van der Waals surface area contributed by atoms with Gasteiger partial charge in [-0.3, -0.25) is 5.84 Å². The van der Waals surface area contributed by atoms with E-state index in [2.05, 4.69) is 0 Å². The Hall–Kier alpha value is -1.10. The van der Waals surface area contributed by atoms with Gasteiger partial charge >= 0.3 is 0 Å². The molecule has 0 saturated carbocycles. The van der Waals surface area contributed by atoms with E-state index in [1.54, 1.807) is 19.2 Å². The molecule has 0 heterocycles. The summed E-state index contributed by atoms with van der Waals surface area (Å²) < 4.78 is 5.24. The quantitative estimate of drug-likeness (QED) is 0.551. The van der Waals surface area contributed by atoms with Gasteiger partial charge in [-0.1, -0.05) is 18.2 Å². The van der Waals surface area contributed by atoms with Gasteiger partial charge in [0.2, 0.25) is 0 Å². The summed E-state index contributed by atoms with van der Waals surface area (Å²) in [5.74, 6) is 6.35. The molecule has 1 unspecified atom stereocenters. The number of para-hydroxylation sites is 1. The summed E-state index contributed by atoms with van der Waals surface area (Å²) >= 11 is 0. The van der Waals surface area contributed by atoms with E-state index in [0.717, 1.165) is 11.3 Å². The summed E-state index contributed by atoms with van der Waals surface area (Å²) in [6, 6.07) is 7.66. The minimum Gasteiger partial charge on any atom is -0.496 e. The van der Waals surface area contributed by atoms with E-state index >= 15 is 0 Å². The van der Waals surface area contributed by atoms with Gasteiger partial charge in [0.25, 0.3) is 0 Å². The zero-order valence-corrected chi connectivity index (χ0v) is 9.18. The molecule has 0 amide bonds. The SMILES string of the molecule is COc1ccccc1C(CO)CN(C)N. The van der Waals surface area contributed by atoms with Crippen LogP contribution in [0, 0.1) is 0 Å². The second-order valence-electron chi connectivity index (χ2n) is 3.56. The van der Waals surface area contributed by atoms with E-state index in [4.69, 9.17) is 10.6 Å². The van der Waals surface area contributed by atoms with Crippen molar-refractivity contribution in [2.75, 3.05) is 27.3 Å². The van der Waals surface area contributed by atoms with Crippen LogP contribution in [0.4, 0.5) is 0 Å². The molecule has 1 aromatic rings. The van der Waals surface area contributed by atoms with Gasteiger partial charge < -0.3 is 9.84 Å². The number of nitrogens with zero attached hydrogens (tertiary/aromatic N) is 1. The number of nitrogens with two attached hydrogens (primary N) is 1. The monoisotopic (exact) mass is 210 g/mol. The van der Waals surface area contributed by atoms with Crippen molar-refractivity contribution < 1.29 is 9.84 Å². The summed E-state index contributed by atoms with van der Waals surface area (Å²) in [5, 5.41) is 10.9. The summed E-state index contributed by atoms with van der Waals surface area (Å²) in [7, 11) is 3.40. The average molecular weight is 210 g/mol. The zero-order valence-electron chi connectivity index (χ0n) is 9.18. The van der Waals surface area contributed by atoms with E-state index in [1.165, 1.54) is 0 Å². The van der Waals surface area contributed by atoms with E-state index in [0.29, 0.717) is 6.54 Å². The van der Waals surface area contributed by atoms with Crippen molar-refractivity contribution in [3.63, 3.8) is 0 Å². The Bertz CT molecular complexity index is 302. The Labute approximate surface area is 90.2 Å². The van der Waals surface area contributed by atoms with Crippen molar-refractivity contribution in [2.45, 2.75) is 5.92 Å². The second-order valence-corrected chi connectivity index (χ2v) is 3.56. The Balaban J connectivity index is 2.90. The van der Waals surface area contributed by atoms with Gasteiger partial charge in [0.15, 0.2) is 0 Å². The summed E-state index contributed by atoms with van der Waals surface area (Å²) in [6.45, 7) is 0.652. The lowest BCUT2D eigenvalue weighted by Crippen LogP contribution is -2.32. The van der Waals surface area contributed by atoms with Gasteiger partial charge in [-0.25, -0.2) is 5.01 Å². The molecule has 0 aliphatic heterocycles. The van der Waals surface area contributed by atoms with E-state index in [9.17, 15) is 5.11 Å². The van der Waals surface area contributed by atoms with Crippen LogP contribution in [-0.2, 0) is 0 Å². The summed E-state index contributed by atoms with van der Waals surface area (Å²) in [4.78, 5) is 0. The van der Waals surface area contributed by atoms with Crippen LogP contribution in [0.3, 0.4) is 0 Å². The van der Waals surface area contributed by atoms with Crippen LogP contribution in [0.1, 0.15) is 11.5 Å². The fourth-order valence-corrected chi connectivity index (χ4v) is 1.61. The van der Waals surface area contributed by atoms with Crippen LogP contribution < -0.4 is 10.6 Å². The molecule has 0 spiro atoms. The van der Waals surface area contributed by atoms with Crippen LogP contribution in [0.2, 0.25) is 0 Å². The smallest absolute Gasteiger partial charge is 0.122 e. The Morgan fingerprint density at radius 1 is 1.47 bits per heavy atom. The van der Waals surface area contributed by atoms with Crippen molar-refractivity contribution in [3.8, 4) is 5.75 Å². The molecule has 0 aliphatic carbocycles. The van der Waals surface area contributed by atoms with Gasteiger partial charge in [0, 0.05) is 25.1 Å². The van der Waals surface area contributed by atoms with Crippen LogP contribution >= 0.6 is 0 Å². The number of methoxy groups -OCH3 is 1. The molecule has 84 valence electrons. The fraction of sp³-hybridized carbons (Fsp3) is 0.455. The van der Waals surface area contributed by atoms with Crippen molar-refractivity contribution in [2.24, 2.45) is 5.84 Å². The summed E-state index contributed by atoms with van der Waals surface area (Å²) in [5.41, 5.74) is 0.986. The van der Waals surface area contributed by atoms with Crippen LogP contribution in [0.5, 0.6) is 5.75 Å². The number of likely N-dealkylation sites (N-methyl/N-ethyl adjacent to an activating group) is 1. The highest BCUT2D eigenvalue weighted by atomic mass is 16.5. The van der Waals surface area contributed by atoms with E-state index < -0.39 is 0 Å². The number of aliphatic hydroxyl groups is 1. The van der Waals surface area contributed by atoms with Crippen molar-refractivity contribution >= 4 is 0 Å². The number of aliphatic hydroxyl groups excluding tert-OH is 1. The Kier molecular flexibility index (Phi) is 4.55. The third kappa shape index (κ3) is 3.20. The molecular formula is C11H18N2O2. The predicted molar refractivity (Wildman–Crippen MR) is 59.6 cm³/mol. The van der Waals surface area contributed by atoms with E-state index in [-0.39, 0.29) is 12.5 Å². The van der Waals surface area contributed by atoms with Gasteiger partial charge in [0.05, 0.1) is 13.7 Å². The third-order valence-corrected chi connectivity index (χ3v) is 2.31. The lowest BCUT2D eigenvalue weighted by atomic mass is 9.99. The van der Waals surface area contributed by atoms with Gasteiger partial charge in [-0.2, -0.15) is 0 Å². The first-order chi connectivity index (χ1) is 7.19. The van der Waals surface area contributed by atoms with E-state index in [1.807, 2.05) is 24.3 Å². The summed E-state index contributed by atoms with van der Waals surface area (Å²) in [6.07, 6.45) is 0. The molecule has 0 saturated heterocycles. The molecular weight excluding hydrogens is 192 g/mol. The van der Waals surface area contributed by atoms with Crippen LogP contribution in [0.25, 0.3) is 0 Å². The first-order valence-electron chi connectivity index (χ1n) is 4.88. The average Bonchev–Trinajstić information content (AvgIpc) is 2.25. The van der Waals surface area contributed by atoms with Crippen molar-refractivity contribution in [1.29, 1.82) is 0 Å². The number of hydrogen-bond acceptors (Lipinski definition) is 4. The molecule has 0 aliphatic rings. The predicted octanol–water partition coefficient (Wildman–Crippen LogP) is 0.577. The molecule has 3 N–H and O–H groups in total. The molecule has 0 bridgehead atoms. The molecule has 4 nitrogen and oxygen atoms in total. The normalized spacial score (nSPS) is 12.9. The third-order valence-electron chi connectivity index (χ3n) is 2.31. The topological polar surface area (TPSA) is 58.7 Å². The van der Waals surface area contributed by atoms with Gasteiger partial charge in [0.1, 0.15) is 5.75 Å². The standard InChI is InChI=1S/C11H18N2O2/c1-13(12)7-9(8-14)10-5-3-4-6-11(10)15-2/h3-6,9,14H,7-8,12H2,1-2H3. The second kappa shape index (κ2) is 5.70. The maximum Gasteiger partial charge on any atom is 0.122 e. The number of rotatable bonds is 5. The number of benzene rings is 1. The molecule has 1 rings (SSSR count).